The van der Waals surface area contributed by atoms with Crippen LogP contribution in [0.5, 0.6) is 0 Å². The lowest BCUT2D eigenvalue weighted by Gasteiger charge is -2.51. The van der Waals surface area contributed by atoms with Gasteiger partial charge in [-0.05, 0) is 119 Å². The van der Waals surface area contributed by atoms with Crippen molar-refractivity contribution in [2.75, 3.05) is 33.2 Å². The molecule has 5 N–H and O–H groups in total. The highest BCUT2D eigenvalue weighted by Crippen LogP contribution is 2.52. The lowest BCUT2D eigenvalue weighted by atomic mass is 9.62. The molecule has 3 aliphatic carbocycles. The van der Waals surface area contributed by atoms with E-state index in [-0.39, 0.29) is 12.5 Å². The largest absolute Gasteiger partial charge is 0.378 e. The summed E-state index contributed by atoms with van der Waals surface area (Å²) in [6.45, 7) is 4.25. The predicted molar refractivity (Wildman–Crippen MR) is 141 cm³/mol. The van der Waals surface area contributed by atoms with Gasteiger partial charge in [-0.25, -0.2) is 0 Å². The quantitative estimate of drug-likeness (QED) is 0.378. The Morgan fingerprint density at radius 1 is 0.917 bits per heavy atom. The monoisotopic (exact) mass is 499 g/mol. The Hall–Kier alpha value is -0.540. The van der Waals surface area contributed by atoms with Gasteiger partial charge in [0.25, 0.3) is 0 Å². The lowest BCUT2D eigenvalue weighted by Crippen LogP contribution is -2.60. The average molecular weight is 500 g/mol. The first-order valence-corrected chi connectivity index (χ1v) is 15.3. The number of likely N-dealkylation sites (N-methyl/N-ethyl adjacent to an activating group) is 1. The van der Waals surface area contributed by atoms with Gasteiger partial charge >= 0.3 is 0 Å². The van der Waals surface area contributed by atoms with Gasteiger partial charge in [0.1, 0.15) is 12.5 Å². The number of piperidine rings is 3. The molecule has 7 nitrogen and oxygen atoms in total. The minimum atomic E-state index is -0.347. The molecule has 202 valence electrons. The van der Waals surface area contributed by atoms with Crippen LogP contribution in [0.3, 0.4) is 0 Å². The Labute approximate surface area is 217 Å². The van der Waals surface area contributed by atoms with Crippen LogP contribution in [0.15, 0.2) is 11.6 Å². The van der Waals surface area contributed by atoms with Crippen LogP contribution in [0.25, 0.3) is 0 Å². The van der Waals surface area contributed by atoms with Gasteiger partial charge in [-0.3, -0.25) is 15.1 Å². The fourth-order valence-electron chi connectivity index (χ4n) is 9.84. The highest BCUT2D eigenvalue weighted by molar-refractivity contribution is 5.24. The number of rotatable bonds is 3. The number of hydrogen-bond donors (Lipinski definition) is 5. The van der Waals surface area contributed by atoms with Crippen molar-refractivity contribution in [1.82, 2.24) is 25.8 Å². The molecule has 7 heteroatoms. The van der Waals surface area contributed by atoms with Crippen molar-refractivity contribution in [3.8, 4) is 0 Å². The zero-order valence-corrected chi connectivity index (χ0v) is 22.2. The van der Waals surface area contributed by atoms with Gasteiger partial charge in [0.05, 0.1) is 6.17 Å². The second-order valence-corrected chi connectivity index (χ2v) is 13.6. The van der Waals surface area contributed by atoms with Crippen LogP contribution in [0, 0.1) is 35.5 Å². The lowest BCUT2D eigenvalue weighted by molar-refractivity contribution is -0.0846. The number of aliphatic hydroxyl groups is 2. The number of nitrogens with one attached hydrogen (secondary N) is 3. The maximum atomic E-state index is 11.1. The maximum absolute atomic E-state index is 11.1. The molecule has 0 aromatic carbocycles. The third-order valence-corrected chi connectivity index (χ3v) is 11.8. The third kappa shape index (κ3) is 4.31. The summed E-state index contributed by atoms with van der Waals surface area (Å²) in [7, 11) is 2.15. The molecule has 0 bridgehead atoms. The van der Waals surface area contributed by atoms with Crippen LogP contribution < -0.4 is 16.0 Å². The fourth-order valence-corrected chi connectivity index (χ4v) is 9.84. The van der Waals surface area contributed by atoms with E-state index in [1.54, 1.807) is 0 Å². The second kappa shape index (κ2) is 9.89. The number of likely N-dealkylation sites (tertiary alicyclic amines) is 2. The summed E-state index contributed by atoms with van der Waals surface area (Å²) in [5.74, 6) is 4.19. The van der Waals surface area contributed by atoms with Crippen LogP contribution >= 0.6 is 0 Å². The number of allylic oxidation sites excluding steroid dienone is 1. The van der Waals surface area contributed by atoms with Crippen molar-refractivity contribution in [3.05, 3.63) is 11.6 Å². The Morgan fingerprint density at radius 2 is 1.81 bits per heavy atom. The fraction of sp³-hybridized carbons (Fsp3) is 0.931. The minimum absolute atomic E-state index is 0.264. The summed E-state index contributed by atoms with van der Waals surface area (Å²) in [4.78, 5) is 4.68. The van der Waals surface area contributed by atoms with Crippen molar-refractivity contribution in [1.29, 1.82) is 0 Å². The first-order chi connectivity index (χ1) is 17.5. The van der Waals surface area contributed by atoms with Crippen LogP contribution in [-0.4, -0.2) is 90.0 Å². The first-order valence-electron chi connectivity index (χ1n) is 15.3. The summed E-state index contributed by atoms with van der Waals surface area (Å²) >= 11 is 0. The molecule has 10 unspecified atom stereocenters. The van der Waals surface area contributed by atoms with Crippen molar-refractivity contribution >= 4 is 0 Å². The van der Waals surface area contributed by atoms with Crippen LogP contribution in [0.1, 0.15) is 64.2 Å². The minimum Gasteiger partial charge on any atom is -0.378 e. The Bertz CT molecular complexity index is 830. The van der Waals surface area contributed by atoms with Gasteiger partial charge < -0.3 is 20.8 Å². The van der Waals surface area contributed by atoms with Crippen LogP contribution in [-0.2, 0) is 0 Å². The molecule has 2 saturated carbocycles. The first kappa shape index (κ1) is 24.5. The van der Waals surface area contributed by atoms with Gasteiger partial charge in [-0.15, -0.1) is 0 Å². The van der Waals surface area contributed by atoms with Gasteiger partial charge in [0, 0.05) is 31.2 Å². The van der Waals surface area contributed by atoms with Gasteiger partial charge in [-0.1, -0.05) is 12.5 Å². The standard InChI is InChI=1S/C29H49N5O2/c1-33-26-4-2-3-23(26)24-11-18-9-21(6-5-17(18)10-25(24)29(33)36)32-27-8-7-22(15-31-27)34-16-20-14-30-13-19(20)12-28(34)35/h10,17-24,26-32,35-36H,2-9,11-16H2,1H3/t17?,18-,19?,20?,21?,22?,23?,24-,26?,27?,28?,29?/m1/s1. The zero-order valence-electron chi connectivity index (χ0n) is 22.2. The molecular formula is C29H49N5O2. The van der Waals surface area contributed by atoms with E-state index in [0.717, 1.165) is 56.8 Å². The Kier molecular flexibility index (Phi) is 6.73. The van der Waals surface area contributed by atoms with Crippen LogP contribution in [0.2, 0.25) is 0 Å². The van der Waals surface area contributed by atoms with E-state index in [2.05, 4.69) is 38.9 Å². The molecule has 4 aliphatic heterocycles. The van der Waals surface area contributed by atoms with Gasteiger partial charge in [0.15, 0.2) is 0 Å². The highest BCUT2D eigenvalue weighted by Gasteiger charge is 2.49. The Balaban J connectivity index is 0.933. The predicted octanol–water partition coefficient (Wildman–Crippen LogP) is 1.68. The molecule has 0 aromatic heterocycles. The molecule has 7 rings (SSSR count). The molecule has 6 fully saturated rings. The number of nitrogens with zero attached hydrogens (tertiary/aromatic N) is 2. The van der Waals surface area contributed by atoms with E-state index in [1.165, 1.54) is 56.9 Å². The molecule has 0 aromatic rings. The summed E-state index contributed by atoms with van der Waals surface area (Å²) in [5, 5.41) is 33.2. The molecule has 4 heterocycles. The maximum Gasteiger partial charge on any atom is 0.129 e. The second-order valence-electron chi connectivity index (χ2n) is 13.6. The van der Waals surface area contributed by atoms with Crippen molar-refractivity contribution in [3.63, 3.8) is 0 Å². The van der Waals surface area contributed by atoms with E-state index in [1.807, 2.05) is 0 Å². The van der Waals surface area contributed by atoms with Crippen LogP contribution in [0.4, 0.5) is 0 Å². The van der Waals surface area contributed by atoms with Gasteiger partial charge in [0.2, 0.25) is 0 Å². The molecule has 0 amide bonds. The molecule has 12 atom stereocenters. The molecular weight excluding hydrogens is 450 g/mol. The van der Waals surface area contributed by atoms with E-state index in [0.29, 0.717) is 42.0 Å². The van der Waals surface area contributed by atoms with E-state index in [4.69, 9.17) is 0 Å². The number of aliphatic hydroxyl groups excluding tert-OH is 2. The van der Waals surface area contributed by atoms with Gasteiger partial charge in [-0.2, -0.15) is 0 Å². The number of hydrogen-bond acceptors (Lipinski definition) is 7. The van der Waals surface area contributed by atoms with Crippen molar-refractivity contribution in [2.45, 2.75) is 101 Å². The third-order valence-electron chi connectivity index (χ3n) is 11.8. The molecule has 0 spiro atoms. The topological polar surface area (TPSA) is 83.0 Å². The highest BCUT2D eigenvalue weighted by atomic mass is 16.3. The summed E-state index contributed by atoms with van der Waals surface area (Å²) in [6, 6.07) is 1.66. The molecule has 0 radical (unpaired) electrons. The van der Waals surface area contributed by atoms with Crippen molar-refractivity contribution in [2.24, 2.45) is 35.5 Å². The van der Waals surface area contributed by atoms with Crippen molar-refractivity contribution < 1.29 is 10.2 Å². The van der Waals surface area contributed by atoms with E-state index >= 15 is 0 Å². The SMILES string of the molecule is CN1C(O)C2=CC3CCC(NC4CCC(N5CC6CNCC6CC5O)CN4)C[C@@H]3C[C@@H]2C2CCCC21. The number of fused-ring (bicyclic) bond motifs is 5. The summed E-state index contributed by atoms with van der Waals surface area (Å²) in [5.41, 5.74) is 1.37. The summed E-state index contributed by atoms with van der Waals surface area (Å²) in [6.07, 6.45) is 14.6. The summed E-state index contributed by atoms with van der Waals surface area (Å²) < 4.78 is 0. The normalized spacial score (nSPS) is 51.7. The smallest absolute Gasteiger partial charge is 0.129 e. The molecule has 7 aliphatic rings. The van der Waals surface area contributed by atoms with E-state index < -0.39 is 0 Å². The van der Waals surface area contributed by atoms with E-state index in [9.17, 15) is 10.2 Å². The zero-order chi connectivity index (χ0) is 24.4. The molecule has 36 heavy (non-hydrogen) atoms. The molecule has 4 saturated heterocycles. The Morgan fingerprint density at radius 3 is 2.67 bits per heavy atom. The average Bonchev–Trinajstić information content (AvgIpc) is 3.56.